The van der Waals surface area contributed by atoms with Crippen molar-refractivity contribution in [3.8, 4) is 29.0 Å². The van der Waals surface area contributed by atoms with Crippen molar-refractivity contribution in [2.24, 2.45) is 22.2 Å². The normalized spacial score (nSPS) is 10.3. The van der Waals surface area contributed by atoms with Crippen molar-refractivity contribution in [2.45, 2.75) is 34.1 Å². The molecule has 2 heterocycles. The van der Waals surface area contributed by atoms with E-state index in [-0.39, 0.29) is 41.8 Å². The molecule has 0 radical (unpaired) electrons. The molecular weight excluding hydrogens is 827 g/mol. The number of benzene rings is 4. The van der Waals surface area contributed by atoms with Crippen molar-refractivity contribution in [1.82, 2.24) is 9.97 Å². The fourth-order valence-corrected chi connectivity index (χ4v) is 5.08. The summed E-state index contributed by atoms with van der Waals surface area (Å²) in [6, 6.07) is 30.8. The predicted octanol–water partition coefficient (Wildman–Crippen LogP) is 5.38. The van der Waals surface area contributed by atoms with E-state index >= 15 is 0 Å². The van der Waals surface area contributed by atoms with E-state index in [1.165, 1.54) is 17.0 Å². The number of aromatic nitrogens is 2. The van der Waals surface area contributed by atoms with Gasteiger partial charge in [-0.15, -0.1) is 0 Å². The van der Waals surface area contributed by atoms with Crippen LogP contribution in [0.4, 0.5) is 17.2 Å². The van der Waals surface area contributed by atoms with Gasteiger partial charge in [0.1, 0.15) is 41.1 Å². The van der Waals surface area contributed by atoms with Crippen LogP contribution in [0.5, 0.6) is 11.5 Å². The van der Waals surface area contributed by atoms with Crippen molar-refractivity contribution in [3.63, 3.8) is 0 Å². The highest BCUT2D eigenvalue weighted by Crippen LogP contribution is 2.37. The highest BCUT2D eigenvalue weighted by molar-refractivity contribution is 6.09. The number of amides is 2. The third-order valence-electron chi connectivity index (χ3n) is 7.71. The molecule has 0 fully saturated rings. The molecule has 0 saturated carbocycles. The van der Waals surface area contributed by atoms with Crippen LogP contribution in [0, 0.1) is 31.8 Å². The van der Waals surface area contributed by atoms with Crippen molar-refractivity contribution in [3.05, 3.63) is 148 Å². The lowest BCUT2D eigenvalue weighted by Crippen LogP contribution is -2.21. The third-order valence-corrected chi connectivity index (χ3v) is 7.71. The predicted molar refractivity (Wildman–Crippen MR) is 229 cm³/mol. The Morgan fingerprint density at radius 2 is 1.38 bits per heavy atom. The second kappa shape index (κ2) is 29.0. The van der Waals surface area contributed by atoms with Crippen molar-refractivity contribution >= 4 is 53.7 Å². The number of aryl methyl sites for hydroxylation is 2. The second-order valence-electron chi connectivity index (χ2n) is 12.1. The molecule has 2 amide bonds. The highest BCUT2D eigenvalue weighted by Gasteiger charge is 2.35. The summed E-state index contributed by atoms with van der Waals surface area (Å²) in [5, 5.41) is 7.98. The molecule has 326 valence electrons. The molecule has 19 nitrogen and oxygen atoms in total. The van der Waals surface area contributed by atoms with Crippen LogP contribution >= 0.6 is 0 Å². The molecule has 6 N–H and O–H groups in total. The summed E-state index contributed by atoms with van der Waals surface area (Å²) in [5.41, 5.74) is 20.5. The van der Waals surface area contributed by atoms with E-state index in [4.69, 9.17) is 57.7 Å². The van der Waals surface area contributed by atoms with Gasteiger partial charge in [0.05, 0.1) is 31.0 Å². The number of fused-ring (bicyclic) bond motifs is 1. The number of primary amides is 1. The van der Waals surface area contributed by atoms with Crippen LogP contribution in [-0.4, -0.2) is 59.7 Å². The Morgan fingerprint density at radius 1 is 0.844 bits per heavy atom. The first kappa shape index (κ1) is 52.6. The molecule has 1 aliphatic rings. The Morgan fingerprint density at radius 3 is 1.81 bits per heavy atom. The summed E-state index contributed by atoms with van der Waals surface area (Å²) < 4.78 is 10.7. The fourth-order valence-electron chi connectivity index (χ4n) is 5.08. The standard InChI is InChI=1S/C22H20N4O3.C9H10O2.C8H7NO.C4H4N4.2CO2/c1-3-29-16-9-7-14(8-10-16)21-24-19(20(23)28)17-12-18(27)26(22(17)25-21)15-6-4-5-13(2)11-15;1-2-11-9-5-3-8(7-10)4-6-9;1-7-3-2-4-8(5-7)9-6-10;1-8-4(7)3(6)2-5;2*2-1-3/h4-11H,3,12H2,1-2H3,(H2,23,28);3-7H,2H2,1H3;2-5H,1H3;6-7H2;;/b;;;4-3+;;. The van der Waals surface area contributed by atoms with E-state index in [1.54, 1.807) is 30.3 Å². The van der Waals surface area contributed by atoms with Gasteiger partial charge in [0, 0.05) is 16.7 Å². The second-order valence-corrected chi connectivity index (χ2v) is 12.1. The largest absolute Gasteiger partial charge is 0.494 e. The number of allylic oxidation sites excluding steroid dienone is 1. The number of carbonyl (C=O) groups excluding carboxylic acids is 8. The van der Waals surface area contributed by atoms with Gasteiger partial charge in [-0.25, -0.2) is 14.8 Å². The maximum Gasteiger partial charge on any atom is 0.373 e. The van der Waals surface area contributed by atoms with Crippen LogP contribution in [0.25, 0.3) is 16.2 Å². The molecule has 6 rings (SSSR count). The van der Waals surface area contributed by atoms with Crippen LogP contribution in [0.1, 0.15) is 51.4 Å². The number of ether oxygens (including phenoxy) is 2. The number of nitrogens with zero attached hydrogens (tertiary/aromatic N) is 6. The molecule has 4 aromatic carbocycles. The van der Waals surface area contributed by atoms with Gasteiger partial charge in [0.25, 0.3) is 11.7 Å². The first-order valence-electron chi connectivity index (χ1n) is 18.4. The van der Waals surface area contributed by atoms with Crippen LogP contribution in [-0.2, 0) is 35.2 Å². The summed E-state index contributed by atoms with van der Waals surface area (Å²) in [6.07, 6.45) is 2.83. The summed E-state index contributed by atoms with van der Waals surface area (Å²) >= 11 is 0. The first-order valence-corrected chi connectivity index (χ1v) is 18.4. The number of anilines is 2. The quantitative estimate of drug-likeness (QED) is 0.0551. The van der Waals surface area contributed by atoms with Gasteiger partial charge in [0.15, 0.2) is 5.82 Å². The SMILES string of the molecule is CCOc1ccc(-c2nc(C(N)=O)c3c(n2)N(c2cccc(C)c2)C(=O)C3)cc1.CCOc1ccc(C=O)cc1.Cc1cccc(N=C=O)c1.O=C=O.O=C=O.[C-]#[N+]/C(N)=C(/N)C#N. The van der Waals surface area contributed by atoms with Crippen molar-refractivity contribution in [1.29, 1.82) is 5.26 Å². The number of aldehydes is 1. The Kier molecular flexibility index (Phi) is 23.8. The molecule has 19 heteroatoms. The lowest BCUT2D eigenvalue weighted by molar-refractivity contribution is -0.193. The summed E-state index contributed by atoms with van der Waals surface area (Å²) in [6.45, 7) is 15.2. The molecule has 0 saturated heterocycles. The smallest absolute Gasteiger partial charge is 0.373 e. The maximum atomic E-state index is 12.8. The van der Waals surface area contributed by atoms with Crippen LogP contribution in [0.3, 0.4) is 0 Å². The van der Waals surface area contributed by atoms with E-state index in [0.717, 1.165) is 28.9 Å². The molecule has 0 spiro atoms. The number of nitrogens with two attached hydrogens (primary N) is 3. The minimum atomic E-state index is -0.685. The number of rotatable bonds is 9. The number of carbonyl (C=O) groups is 3. The van der Waals surface area contributed by atoms with Crippen molar-refractivity contribution < 1.29 is 47.8 Å². The van der Waals surface area contributed by atoms with Gasteiger partial charge in [-0.1, -0.05) is 30.8 Å². The van der Waals surface area contributed by atoms with Gasteiger partial charge in [-0.2, -0.15) is 29.4 Å². The summed E-state index contributed by atoms with van der Waals surface area (Å²) in [5.74, 6) is 1.15. The third kappa shape index (κ3) is 17.5. The van der Waals surface area contributed by atoms with E-state index < -0.39 is 5.91 Å². The van der Waals surface area contributed by atoms with Gasteiger partial charge < -0.3 is 31.5 Å². The molecule has 1 aliphatic heterocycles. The molecule has 5 aromatic rings. The highest BCUT2D eigenvalue weighted by atomic mass is 16.5. The van der Waals surface area contributed by atoms with Crippen molar-refractivity contribution in [2.75, 3.05) is 18.1 Å². The maximum absolute atomic E-state index is 12.8. The summed E-state index contributed by atoms with van der Waals surface area (Å²) in [7, 11) is 0. The van der Waals surface area contributed by atoms with Gasteiger partial charge >= 0.3 is 12.3 Å². The molecule has 0 unspecified atom stereocenters. The Labute approximate surface area is 367 Å². The molecule has 1 aromatic heterocycles. The van der Waals surface area contributed by atoms with Crippen LogP contribution in [0.2, 0.25) is 0 Å². The zero-order chi connectivity index (χ0) is 48.0. The fraction of sp³-hybridized carbons (Fsp3) is 0.156. The van der Waals surface area contributed by atoms with E-state index in [9.17, 15) is 19.2 Å². The molecule has 0 atom stereocenters. The molecule has 0 aliphatic carbocycles. The number of isocyanates is 1. The lowest BCUT2D eigenvalue weighted by Gasteiger charge is -2.18. The summed E-state index contributed by atoms with van der Waals surface area (Å²) in [4.78, 5) is 94.1. The minimum absolute atomic E-state index is 0.0328. The number of hydrogen-bond acceptors (Lipinski definition) is 16. The number of hydrogen-bond donors (Lipinski definition) is 3. The number of aliphatic imine (C=N–C) groups is 1. The van der Waals surface area contributed by atoms with E-state index in [2.05, 4.69) is 19.8 Å². The van der Waals surface area contributed by atoms with E-state index in [0.29, 0.717) is 52.9 Å². The Hall–Kier alpha value is -9.37. The minimum Gasteiger partial charge on any atom is -0.494 e. The van der Waals surface area contributed by atoms with Gasteiger partial charge in [-0.3, -0.25) is 19.3 Å². The lowest BCUT2D eigenvalue weighted by atomic mass is 10.1. The van der Waals surface area contributed by atoms with Gasteiger partial charge in [0.2, 0.25) is 12.0 Å². The van der Waals surface area contributed by atoms with E-state index in [1.807, 2.05) is 94.4 Å². The average Bonchev–Trinajstić information content (AvgIpc) is 3.63. The average molecular weight is 868 g/mol. The monoisotopic (exact) mass is 867 g/mol. The molecule has 64 heavy (non-hydrogen) atoms. The van der Waals surface area contributed by atoms with Crippen LogP contribution < -0.4 is 31.6 Å². The molecule has 0 bridgehead atoms. The Balaban J connectivity index is 0.000000479. The Bertz CT molecular complexity index is 2570. The zero-order valence-electron chi connectivity index (χ0n) is 34.9. The molecular formula is C45H41N9O10. The number of nitriles is 1. The zero-order valence-corrected chi connectivity index (χ0v) is 34.9. The topological polar surface area (TPSA) is 303 Å². The van der Waals surface area contributed by atoms with Crippen LogP contribution in [0.15, 0.2) is 114 Å². The van der Waals surface area contributed by atoms with Gasteiger partial charge in [-0.05, 0) is 112 Å². The first-order chi connectivity index (χ1) is 30.7.